The van der Waals surface area contributed by atoms with E-state index in [-0.39, 0.29) is 11.3 Å². The lowest BCUT2D eigenvalue weighted by atomic mass is 10.1. The molecule has 0 aromatic carbocycles. The summed E-state index contributed by atoms with van der Waals surface area (Å²) in [6.07, 6.45) is 4.82. The summed E-state index contributed by atoms with van der Waals surface area (Å²) in [6, 6.07) is 3.22. The van der Waals surface area contributed by atoms with Crippen molar-refractivity contribution in [3.8, 4) is 0 Å². The molecular formula is C16H25N3O2. The van der Waals surface area contributed by atoms with E-state index in [1.807, 2.05) is 0 Å². The van der Waals surface area contributed by atoms with E-state index in [4.69, 9.17) is 0 Å². The van der Waals surface area contributed by atoms with Crippen LogP contribution in [0.1, 0.15) is 48.8 Å². The molecule has 0 spiro atoms. The molecule has 21 heavy (non-hydrogen) atoms. The number of aryl methyl sites for hydroxylation is 1. The van der Waals surface area contributed by atoms with Crippen molar-refractivity contribution in [3.63, 3.8) is 0 Å². The third-order valence-electron chi connectivity index (χ3n) is 4.10. The molecule has 0 bridgehead atoms. The maximum atomic E-state index is 12.2. The lowest BCUT2D eigenvalue weighted by Gasteiger charge is -2.34. The van der Waals surface area contributed by atoms with Gasteiger partial charge in [0.05, 0.1) is 0 Å². The summed E-state index contributed by atoms with van der Waals surface area (Å²) in [7, 11) is 0. The van der Waals surface area contributed by atoms with Crippen LogP contribution in [-0.2, 0) is 0 Å². The van der Waals surface area contributed by atoms with Crippen molar-refractivity contribution in [2.45, 2.75) is 45.6 Å². The van der Waals surface area contributed by atoms with Gasteiger partial charge in [-0.25, -0.2) is 0 Å². The van der Waals surface area contributed by atoms with Crippen LogP contribution in [0, 0.1) is 6.92 Å². The topological polar surface area (TPSA) is 65.2 Å². The molecule has 0 aliphatic carbocycles. The second-order valence-electron chi connectivity index (χ2n) is 5.78. The number of pyridine rings is 1. The van der Waals surface area contributed by atoms with Crippen molar-refractivity contribution in [1.82, 2.24) is 15.2 Å². The van der Waals surface area contributed by atoms with E-state index in [1.54, 1.807) is 6.92 Å². The van der Waals surface area contributed by atoms with E-state index in [9.17, 15) is 9.59 Å². The Kier molecular flexibility index (Phi) is 5.56. The van der Waals surface area contributed by atoms with E-state index < -0.39 is 0 Å². The molecule has 1 saturated heterocycles. The van der Waals surface area contributed by atoms with Crippen LogP contribution in [0.25, 0.3) is 0 Å². The number of hydrogen-bond donors (Lipinski definition) is 2. The number of rotatable bonds is 5. The molecule has 1 aliphatic rings. The van der Waals surface area contributed by atoms with Crippen molar-refractivity contribution < 1.29 is 4.79 Å². The molecule has 0 saturated carbocycles. The van der Waals surface area contributed by atoms with Crippen LogP contribution >= 0.6 is 0 Å². The van der Waals surface area contributed by atoms with Crippen LogP contribution < -0.4 is 10.7 Å². The Morgan fingerprint density at radius 1 is 1.33 bits per heavy atom. The van der Waals surface area contributed by atoms with E-state index in [0.717, 1.165) is 19.5 Å². The predicted octanol–water partition coefficient (Wildman–Crippen LogP) is 1.68. The number of carbonyl (C=O) groups is 1. The van der Waals surface area contributed by atoms with Crippen LogP contribution in [0.3, 0.4) is 0 Å². The average Bonchev–Trinajstić information content (AvgIpc) is 2.47. The number of aromatic amines is 1. The lowest BCUT2D eigenvalue weighted by molar-refractivity contribution is 0.0917. The van der Waals surface area contributed by atoms with Gasteiger partial charge < -0.3 is 10.3 Å². The smallest absolute Gasteiger partial charge is 0.267 e. The fraction of sp³-hybridized carbons (Fsp3) is 0.625. The third-order valence-corrected chi connectivity index (χ3v) is 4.10. The van der Waals surface area contributed by atoms with Gasteiger partial charge in [-0.15, -0.1) is 0 Å². The highest BCUT2D eigenvalue weighted by molar-refractivity contribution is 5.92. The van der Waals surface area contributed by atoms with E-state index in [1.165, 1.54) is 31.4 Å². The molecule has 1 atom stereocenters. The van der Waals surface area contributed by atoms with E-state index in [2.05, 4.69) is 22.1 Å². The Labute approximate surface area is 125 Å². The van der Waals surface area contributed by atoms with Crippen LogP contribution in [0.4, 0.5) is 0 Å². The molecule has 2 heterocycles. The Hall–Kier alpha value is -1.62. The maximum absolute atomic E-state index is 12.2. The quantitative estimate of drug-likeness (QED) is 0.867. The molecule has 1 aliphatic heterocycles. The first-order valence-corrected chi connectivity index (χ1v) is 7.83. The van der Waals surface area contributed by atoms with Crippen LogP contribution in [0.2, 0.25) is 0 Å². The number of carbonyl (C=O) groups excluding carboxylic acids is 1. The molecule has 5 nitrogen and oxygen atoms in total. The van der Waals surface area contributed by atoms with Crippen molar-refractivity contribution in [3.05, 3.63) is 33.7 Å². The summed E-state index contributed by atoms with van der Waals surface area (Å²) in [5.41, 5.74) is 0.906. The van der Waals surface area contributed by atoms with Crippen molar-refractivity contribution in [2.75, 3.05) is 19.6 Å². The molecule has 1 aromatic heterocycles. The third kappa shape index (κ3) is 4.43. The molecule has 5 heteroatoms. The largest absolute Gasteiger partial charge is 0.354 e. The minimum atomic E-state index is -0.203. The SMILES string of the molecule is CC[C@H](CNC(=O)c1cc(=O)cc(C)[nH]1)N1CCCCC1. The highest BCUT2D eigenvalue weighted by Crippen LogP contribution is 2.13. The summed E-state index contributed by atoms with van der Waals surface area (Å²) in [6.45, 7) is 6.80. The second-order valence-corrected chi connectivity index (χ2v) is 5.78. The first kappa shape index (κ1) is 15.8. The monoisotopic (exact) mass is 291 g/mol. The summed E-state index contributed by atoms with van der Waals surface area (Å²) in [5.74, 6) is -0.203. The molecule has 1 amide bonds. The maximum Gasteiger partial charge on any atom is 0.267 e. The highest BCUT2D eigenvalue weighted by Gasteiger charge is 2.20. The first-order valence-electron chi connectivity index (χ1n) is 7.83. The van der Waals surface area contributed by atoms with Gasteiger partial charge in [-0.2, -0.15) is 0 Å². The minimum absolute atomic E-state index is 0.139. The molecule has 2 N–H and O–H groups in total. The van der Waals surface area contributed by atoms with Gasteiger partial charge in [-0.3, -0.25) is 14.5 Å². The van der Waals surface area contributed by atoms with Crippen LogP contribution in [0.15, 0.2) is 16.9 Å². The molecule has 1 fully saturated rings. The van der Waals surface area contributed by atoms with Gasteiger partial charge in [0.25, 0.3) is 5.91 Å². The normalized spacial score (nSPS) is 17.4. The van der Waals surface area contributed by atoms with Gasteiger partial charge in [0.2, 0.25) is 0 Å². The first-order chi connectivity index (χ1) is 10.1. The molecular weight excluding hydrogens is 266 g/mol. The van der Waals surface area contributed by atoms with Crippen molar-refractivity contribution in [1.29, 1.82) is 0 Å². The van der Waals surface area contributed by atoms with Gasteiger partial charge in [-0.05, 0) is 39.3 Å². The Morgan fingerprint density at radius 2 is 2.05 bits per heavy atom. The van der Waals surface area contributed by atoms with Crippen LogP contribution in [0.5, 0.6) is 0 Å². The minimum Gasteiger partial charge on any atom is -0.354 e. The molecule has 2 rings (SSSR count). The number of likely N-dealkylation sites (tertiary alicyclic amines) is 1. The number of aromatic nitrogens is 1. The highest BCUT2D eigenvalue weighted by atomic mass is 16.2. The summed E-state index contributed by atoms with van der Waals surface area (Å²) in [4.78, 5) is 29.0. The molecule has 1 aromatic rings. The zero-order valence-electron chi connectivity index (χ0n) is 12.9. The summed E-state index contributed by atoms with van der Waals surface area (Å²) < 4.78 is 0. The van der Waals surface area contributed by atoms with E-state index in [0.29, 0.717) is 24.0 Å². The van der Waals surface area contributed by atoms with Gasteiger partial charge in [0, 0.05) is 30.4 Å². The fourth-order valence-electron chi connectivity index (χ4n) is 2.93. The average molecular weight is 291 g/mol. The molecule has 116 valence electrons. The second kappa shape index (κ2) is 7.41. The number of piperidine rings is 1. The van der Waals surface area contributed by atoms with Gasteiger partial charge >= 0.3 is 0 Å². The Morgan fingerprint density at radius 3 is 2.67 bits per heavy atom. The number of hydrogen-bond acceptors (Lipinski definition) is 3. The van der Waals surface area contributed by atoms with Gasteiger partial charge in [0.15, 0.2) is 5.43 Å². The molecule has 0 radical (unpaired) electrons. The number of amides is 1. The van der Waals surface area contributed by atoms with Gasteiger partial charge in [-0.1, -0.05) is 13.3 Å². The standard InChI is InChI=1S/C16H25N3O2/c1-3-13(19-7-5-4-6-8-19)11-17-16(21)15-10-14(20)9-12(2)18-15/h9-10,13H,3-8,11H2,1-2H3,(H,17,21)(H,18,20)/t13-/m1/s1. The fourth-order valence-corrected chi connectivity index (χ4v) is 2.93. The van der Waals surface area contributed by atoms with E-state index >= 15 is 0 Å². The van der Waals surface area contributed by atoms with Crippen molar-refractivity contribution >= 4 is 5.91 Å². The Balaban J connectivity index is 1.93. The summed E-state index contributed by atoms with van der Waals surface area (Å²) in [5, 5.41) is 2.95. The van der Waals surface area contributed by atoms with Crippen LogP contribution in [-0.4, -0.2) is 41.5 Å². The predicted molar refractivity (Wildman–Crippen MR) is 83.6 cm³/mol. The lowest BCUT2D eigenvalue weighted by Crippen LogP contribution is -2.46. The van der Waals surface area contributed by atoms with Crippen molar-refractivity contribution in [2.24, 2.45) is 0 Å². The molecule has 0 unspecified atom stereocenters. The number of H-pyrrole nitrogens is 1. The number of nitrogens with one attached hydrogen (secondary N) is 2. The zero-order chi connectivity index (χ0) is 15.2. The Bertz CT molecular complexity index is 533. The zero-order valence-corrected chi connectivity index (χ0v) is 12.9. The summed E-state index contributed by atoms with van der Waals surface area (Å²) >= 11 is 0. The number of nitrogens with zero attached hydrogens (tertiary/aromatic N) is 1. The van der Waals surface area contributed by atoms with Gasteiger partial charge in [0.1, 0.15) is 5.69 Å².